The van der Waals surface area contributed by atoms with E-state index in [1.807, 2.05) is 30.3 Å². The fraction of sp³-hybridized carbons (Fsp3) is 0.400. The summed E-state index contributed by atoms with van der Waals surface area (Å²) >= 11 is 0. The highest BCUT2D eigenvalue weighted by molar-refractivity contribution is 5.69. The van der Waals surface area contributed by atoms with Crippen LogP contribution >= 0.6 is 0 Å². The summed E-state index contributed by atoms with van der Waals surface area (Å²) < 4.78 is 0. The van der Waals surface area contributed by atoms with Gasteiger partial charge in [-0.05, 0) is 37.5 Å². The molecule has 0 bridgehead atoms. The topological polar surface area (TPSA) is 75.0 Å². The normalized spacial score (nSPS) is 15.5. The number of nitro benzene ring substituents is 1. The first-order chi connectivity index (χ1) is 12.6. The molecule has 1 heterocycles. The minimum Gasteiger partial charge on any atom is -0.377 e. The molecule has 0 unspecified atom stereocenters. The Hall–Kier alpha value is -2.60. The molecule has 1 aliphatic rings. The molecule has 0 radical (unpaired) electrons. The van der Waals surface area contributed by atoms with E-state index in [2.05, 4.69) is 34.6 Å². The summed E-state index contributed by atoms with van der Waals surface area (Å²) in [5.41, 5.74) is 3.10. The number of nitrogens with two attached hydrogens (primary N) is 1. The molecule has 0 aliphatic carbocycles. The van der Waals surface area contributed by atoms with Gasteiger partial charge in [0.05, 0.1) is 31.1 Å². The zero-order valence-corrected chi connectivity index (χ0v) is 15.2. The minimum absolute atomic E-state index is 0.142. The van der Waals surface area contributed by atoms with Crippen LogP contribution in [0.2, 0.25) is 0 Å². The Morgan fingerprint density at radius 1 is 1.19 bits per heavy atom. The molecule has 3 rings (SSSR count). The van der Waals surface area contributed by atoms with E-state index < -0.39 is 0 Å². The lowest BCUT2D eigenvalue weighted by Crippen LogP contribution is -2.89. The van der Waals surface area contributed by atoms with Gasteiger partial charge in [0.25, 0.3) is 5.69 Å². The summed E-state index contributed by atoms with van der Waals surface area (Å²) in [6, 6.07) is 15.9. The molecule has 1 fully saturated rings. The molecule has 1 aliphatic heterocycles. The highest BCUT2D eigenvalue weighted by Gasteiger charge is 2.19. The van der Waals surface area contributed by atoms with Crippen molar-refractivity contribution in [3.8, 4) is 0 Å². The molecule has 3 N–H and O–H groups in total. The molecule has 6 heteroatoms. The van der Waals surface area contributed by atoms with Gasteiger partial charge in [0.15, 0.2) is 0 Å². The zero-order valence-electron chi connectivity index (χ0n) is 15.2. The molecule has 0 spiro atoms. The first-order valence-corrected chi connectivity index (χ1v) is 9.29. The highest BCUT2D eigenvalue weighted by Crippen LogP contribution is 2.30. The van der Waals surface area contributed by atoms with Gasteiger partial charge >= 0.3 is 0 Å². The number of quaternary nitrogens is 1. The van der Waals surface area contributed by atoms with Crippen molar-refractivity contribution in [2.24, 2.45) is 0 Å². The molecule has 1 saturated heterocycles. The predicted octanol–water partition coefficient (Wildman–Crippen LogP) is 2.41. The quantitative estimate of drug-likeness (QED) is 0.591. The molecule has 2 aromatic rings. The van der Waals surface area contributed by atoms with Crippen LogP contribution in [0.1, 0.15) is 18.9 Å². The predicted molar refractivity (Wildman–Crippen MR) is 105 cm³/mol. The lowest BCUT2D eigenvalue weighted by molar-refractivity contribution is -0.655. The zero-order chi connectivity index (χ0) is 18.4. The van der Waals surface area contributed by atoms with Crippen LogP contribution < -0.4 is 15.5 Å². The van der Waals surface area contributed by atoms with Crippen molar-refractivity contribution >= 4 is 17.1 Å². The number of piperazine rings is 1. The van der Waals surface area contributed by atoms with Gasteiger partial charge in [0.1, 0.15) is 5.69 Å². The summed E-state index contributed by atoms with van der Waals surface area (Å²) in [6.07, 6.45) is 1.87. The van der Waals surface area contributed by atoms with Gasteiger partial charge in [-0.3, -0.25) is 10.1 Å². The third-order valence-electron chi connectivity index (χ3n) is 4.86. The smallest absolute Gasteiger partial charge is 0.292 e. The van der Waals surface area contributed by atoms with Gasteiger partial charge in [0.2, 0.25) is 0 Å². The van der Waals surface area contributed by atoms with Crippen molar-refractivity contribution in [3.05, 3.63) is 64.2 Å². The summed E-state index contributed by atoms with van der Waals surface area (Å²) in [6.45, 7) is 6.15. The lowest BCUT2D eigenvalue weighted by atomic mass is 10.1. The van der Waals surface area contributed by atoms with Crippen molar-refractivity contribution < 1.29 is 10.2 Å². The Morgan fingerprint density at radius 2 is 1.92 bits per heavy atom. The van der Waals surface area contributed by atoms with Gasteiger partial charge in [0, 0.05) is 17.8 Å². The second kappa shape index (κ2) is 8.67. The molecule has 138 valence electrons. The summed E-state index contributed by atoms with van der Waals surface area (Å²) in [4.78, 5) is 13.4. The van der Waals surface area contributed by atoms with Crippen LogP contribution in [0.5, 0.6) is 0 Å². The number of nitro groups is 1. The van der Waals surface area contributed by atoms with Crippen molar-refractivity contribution in [2.75, 3.05) is 36.4 Å². The van der Waals surface area contributed by atoms with Crippen LogP contribution in [0, 0.1) is 10.1 Å². The number of aryl methyl sites for hydroxylation is 1. The number of anilines is 2. The van der Waals surface area contributed by atoms with Crippen molar-refractivity contribution in [1.82, 2.24) is 0 Å². The number of hydrogen-bond donors (Lipinski definition) is 2. The number of rotatable bonds is 7. The standard InChI is InChI=1S/C20H26N4O2/c1-16(7-8-17-5-3-2-4-6-17)22-19-15-18(9-10-20(19)24(25)26)23-13-11-21-12-14-23/h2-6,9-10,15-16,21-22H,7-8,11-14H2,1H3/p+1/t16-/m1/s1. The SMILES string of the molecule is C[C@H](CCc1ccccc1)Nc1cc(N2CC[NH2+]CC2)ccc1[N+](=O)[O-]. The maximum Gasteiger partial charge on any atom is 0.292 e. The van der Waals surface area contributed by atoms with Crippen LogP contribution in [0.15, 0.2) is 48.5 Å². The first kappa shape index (κ1) is 18.2. The first-order valence-electron chi connectivity index (χ1n) is 9.29. The number of nitrogens with zero attached hydrogens (tertiary/aromatic N) is 2. The van der Waals surface area contributed by atoms with Crippen LogP contribution in [0.4, 0.5) is 17.1 Å². The average Bonchev–Trinajstić information content (AvgIpc) is 2.67. The molecular formula is C20H27N4O2+. The fourth-order valence-electron chi connectivity index (χ4n) is 3.37. The van der Waals surface area contributed by atoms with Crippen LogP contribution in [0.25, 0.3) is 0 Å². The monoisotopic (exact) mass is 355 g/mol. The van der Waals surface area contributed by atoms with Crippen LogP contribution in [-0.2, 0) is 6.42 Å². The Balaban J connectivity index is 1.70. The average molecular weight is 355 g/mol. The summed E-state index contributed by atoms with van der Waals surface area (Å²) in [5.74, 6) is 0. The lowest BCUT2D eigenvalue weighted by Gasteiger charge is -2.28. The maximum atomic E-state index is 11.4. The fourth-order valence-corrected chi connectivity index (χ4v) is 3.37. The Bertz CT molecular complexity index is 730. The third kappa shape index (κ3) is 4.73. The van der Waals surface area contributed by atoms with Crippen LogP contribution in [-0.4, -0.2) is 37.1 Å². The van der Waals surface area contributed by atoms with E-state index in [9.17, 15) is 10.1 Å². The van der Waals surface area contributed by atoms with Crippen molar-refractivity contribution in [3.63, 3.8) is 0 Å². The molecule has 26 heavy (non-hydrogen) atoms. The summed E-state index contributed by atoms with van der Waals surface area (Å²) in [7, 11) is 0. The van der Waals surface area contributed by atoms with Gasteiger partial charge in [-0.15, -0.1) is 0 Å². The van der Waals surface area contributed by atoms with Gasteiger partial charge in [-0.25, -0.2) is 0 Å². The van der Waals surface area contributed by atoms with E-state index in [-0.39, 0.29) is 16.7 Å². The second-order valence-electron chi connectivity index (χ2n) is 6.88. The highest BCUT2D eigenvalue weighted by atomic mass is 16.6. The second-order valence-corrected chi connectivity index (χ2v) is 6.88. The van der Waals surface area contributed by atoms with E-state index in [4.69, 9.17) is 0 Å². The van der Waals surface area contributed by atoms with E-state index in [0.29, 0.717) is 5.69 Å². The molecule has 6 nitrogen and oxygen atoms in total. The Kier molecular flexibility index (Phi) is 6.07. The van der Waals surface area contributed by atoms with E-state index in [1.165, 1.54) is 5.56 Å². The number of nitrogens with one attached hydrogen (secondary N) is 1. The Labute approximate surface area is 154 Å². The van der Waals surface area contributed by atoms with Crippen molar-refractivity contribution in [1.29, 1.82) is 0 Å². The molecular weight excluding hydrogens is 328 g/mol. The van der Waals surface area contributed by atoms with E-state index in [1.54, 1.807) is 6.07 Å². The van der Waals surface area contributed by atoms with Crippen molar-refractivity contribution in [2.45, 2.75) is 25.8 Å². The Morgan fingerprint density at radius 3 is 2.62 bits per heavy atom. The minimum atomic E-state index is -0.306. The molecule has 2 aromatic carbocycles. The summed E-state index contributed by atoms with van der Waals surface area (Å²) in [5, 5.41) is 17.1. The third-order valence-corrected chi connectivity index (χ3v) is 4.86. The van der Waals surface area contributed by atoms with Crippen LogP contribution in [0.3, 0.4) is 0 Å². The van der Waals surface area contributed by atoms with E-state index >= 15 is 0 Å². The largest absolute Gasteiger partial charge is 0.377 e. The molecule has 0 aromatic heterocycles. The number of hydrogen-bond acceptors (Lipinski definition) is 4. The van der Waals surface area contributed by atoms with Gasteiger partial charge < -0.3 is 15.5 Å². The van der Waals surface area contributed by atoms with Gasteiger partial charge in [-0.1, -0.05) is 30.3 Å². The molecule has 0 amide bonds. The van der Waals surface area contributed by atoms with Gasteiger partial charge in [-0.2, -0.15) is 0 Å². The maximum absolute atomic E-state index is 11.4. The molecule has 1 atom stereocenters. The van der Waals surface area contributed by atoms with E-state index in [0.717, 1.165) is 44.7 Å². The number of benzene rings is 2. The molecule has 0 saturated carbocycles.